The highest BCUT2D eigenvalue weighted by molar-refractivity contribution is 7.91. The maximum Gasteiger partial charge on any atom is 0.259 e. The van der Waals surface area contributed by atoms with E-state index in [1.807, 2.05) is 20.8 Å². The van der Waals surface area contributed by atoms with E-state index in [4.69, 9.17) is 44.3 Å². The maximum absolute atomic E-state index is 14.6. The number of pyridine rings is 2. The third-order valence-corrected chi connectivity index (χ3v) is 12.0. The molecule has 1 aliphatic heterocycles. The van der Waals surface area contributed by atoms with Crippen LogP contribution in [-0.2, 0) is 24.4 Å². The number of fused-ring (bicyclic) bond motifs is 1. The van der Waals surface area contributed by atoms with E-state index in [1.54, 1.807) is 18.2 Å². The molecule has 2 aromatic heterocycles. The second-order valence-corrected chi connectivity index (χ2v) is 17.6. The fraction of sp³-hybridized carbons (Fsp3) is 0.457. The minimum Gasteiger partial charge on any atom is -0.494 e. The van der Waals surface area contributed by atoms with Crippen LogP contribution in [0.5, 0.6) is 11.6 Å². The van der Waals surface area contributed by atoms with Gasteiger partial charge in [-0.1, -0.05) is 61.7 Å². The van der Waals surface area contributed by atoms with Crippen LogP contribution in [-0.4, -0.2) is 83.6 Å². The van der Waals surface area contributed by atoms with E-state index in [2.05, 4.69) is 31.9 Å². The van der Waals surface area contributed by atoms with Gasteiger partial charge in [-0.2, -0.15) is 0 Å². The number of hydrogen-bond donors (Lipinski definition) is 3. The number of ether oxygens (including phenoxy) is 2. The van der Waals surface area contributed by atoms with Gasteiger partial charge in [0.2, 0.25) is 27.7 Å². The number of nitrogens with zero attached hydrogens (tertiary/aromatic N) is 3. The number of anilines is 1. The molecule has 3 amide bonds. The number of carbonyl (C=O) groups excluding carboxylic acids is 3. The van der Waals surface area contributed by atoms with Crippen LogP contribution in [0, 0.1) is 11.3 Å². The Hall–Kier alpha value is -3.85. The van der Waals surface area contributed by atoms with E-state index in [0.717, 1.165) is 0 Å². The largest absolute Gasteiger partial charge is 0.494 e. The molecule has 3 heterocycles. The van der Waals surface area contributed by atoms with Crippen molar-refractivity contribution >= 4 is 79.1 Å². The van der Waals surface area contributed by atoms with Crippen molar-refractivity contribution in [3.8, 4) is 11.6 Å². The van der Waals surface area contributed by atoms with Gasteiger partial charge in [0.15, 0.2) is 0 Å². The molecule has 0 radical (unpaired) electrons. The second kappa shape index (κ2) is 14.2. The van der Waals surface area contributed by atoms with Crippen molar-refractivity contribution in [1.82, 2.24) is 24.9 Å². The molecule has 2 saturated carbocycles. The molecule has 17 heteroatoms. The van der Waals surface area contributed by atoms with Gasteiger partial charge in [0, 0.05) is 33.2 Å². The van der Waals surface area contributed by atoms with Gasteiger partial charge in [-0.15, -0.1) is 6.58 Å². The van der Waals surface area contributed by atoms with Crippen molar-refractivity contribution in [3.05, 3.63) is 64.4 Å². The van der Waals surface area contributed by atoms with Crippen LogP contribution in [0.25, 0.3) is 10.8 Å². The smallest absolute Gasteiger partial charge is 0.259 e. The van der Waals surface area contributed by atoms with Crippen molar-refractivity contribution in [1.29, 1.82) is 0 Å². The Kier molecular flexibility index (Phi) is 10.3. The summed E-state index contributed by atoms with van der Waals surface area (Å²) in [5.74, 6) is -1.51. The number of benzene rings is 1. The number of methoxy groups -OCH3 is 1. The van der Waals surface area contributed by atoms with Gasteiger partial charge in [-0.3, -0.25) is 19.1 Å². The Morgan fingerprint density at radius 3 is 2.44 bits per heavy atom. The fourth-order valence-electron chi connectivity index (χ4n) is 6.48. The molecule has 6 rings (SSSR count). The molecule has 278 valence electrons. The van der Waals surface area contributed by atoms with Gasteiger partial charge in [0.1, 0.15) is 40.4 Å². The van der Waals surface area contributed by atoms with E-state index in [0.29, 0.717) is 39.4 Å². The summed E-state index contributed by atoms with van der Waals surface area (Å²) >= 11 is 18.7. The molecule has 3 aliphatic rings. The number of hydrogen-bond acceptors (Lipinski definition) is 10. The number of rotatable bonds is 12. The van der Waals surface area contributed by atoms with Crippen molar-refractivity contribution in [2.45, 2.75) is 75.4 Å². The molecule has 2 aliphatic carbocycles. The van der Waals surface area contributed by atoms with Crippen molar-refractivity contribution < 1.29 is 32.3 Å². The standard InChI is InChI=1S/C35H39Cl3N6O7S/c1-6-18-15-35(18,33(47)43-52(48,49)22-8-9-22)42-30(45)25-14-21(51-31-24-11-19(36)7-10-23(24)26(50-5)16-39-31)17-44(25)32(46)29(34(2,3)4)41-28-13-20(37)12-27(38)40-28/h6-7,10-13,16,18,21-22,25,29H,1,8-9,14-15,17H2,2-5H3,(H,40,41)(H,42,45)(H,43,47)/t18-,21-,25+,29?,35-/m1/s1. The normalized spacial score (nSPS) is 23.4. The van der Waals surface area contributed by atoms with Crippen LogP contribution in [0.2, 0.25) is 15.2 Å². The molecule has 1 aromatic carbocycles. The third kappa shape index (κ3) is 7.75. The average Bonchev–Trinajstić information content (AvgIpc) is 3.99. The van der Waals surface area contributed by atoms with E-state index in [9.17, 15) is 22.8 Å². The Morgan fingerprint density at radius 1 is 1.10 bits per heavy atom. The second-order valence-electron chi connectivity index (χ2n) is 14.4. The predicted octanol–water partition coefficient (Wildman–Crippen LogP) is 5.14. The van der Waals surface area contributed by atoms with Crippen LogP contribution >= 0.6 is 34.8 Å². The van der Waals surface area contributed by atoms with Gasteiger partial charge < -0.3 is 25.0 Å². The molecule has 1 saturated heterocycles. The minimum absolute atomic E-state index is 0.0161. The van der Waals surface area contributed by atoms with Crippen LogP contribution < -0.4 is 24.8 Å². The molecule has 1 unspecified atom stereocenters. The Bertz CT molecular complexity index is 2040. The number of nitrogens with one attached hydrogen (secondary N) is 3. The summed E-state index contributed by atoms with van der Waals surface area (Å²) in [5.41, 5.74) is -2.27. The summed E-state index contributed by atoms with van der Waals surface area (Å²) < 4.78 is 39.4. The van der Waals surface area contributed by atoms with Crippen LogP contribution in [0.1, 0.15) is 46.5 Å². The number of amides is 3. The zero-order valence-electron chi connectivity index (χ0n) is 28.9. The molecule has 0 spiro atoms. The summed E-state index contributed by atoms with van der Waals surface area (Å²) in [6.45, 7) is 9.29. The monoisotopic (exact) mass is 792 g/mol. The predicted molar refractivity (Wildman–Crippen MR) is 198 cm³/mol. The highest BCUT2D eigenvalue weighted by Crippen LogP contribution is 2.46. The molecule has 3 fully saturated rings. The SMILES string of the molecule is C=C[C@@H]1C[C@]1(NC(=O)[C@@H]1C[C@@H](Oc2ncc(OC)c3ccc(Cl)cc23)CN1C(=O)C(Nc1cc(Cl)cc(Cl)n1)C(C)(C)C)C(=O)NS(=O)(=O)C1CC1. The van der Waals surface area contributed by atoms with E-state index in [1.165, 1.54) is 36.4 Å². The molecular weight excluding hydrogens is 755 g/mol. The van der Waals surface area contributed by atoms with E-state index in [-0.39, 0.29) is 36.2 Å². The average molecular weight is 794 g/mol. The van der Waals surface area contributed by atoms with Gasteiger partial charge in [-0.05, 0) is 55.0 Å². The fourth-order valence-corrected chi connectivity index (χ4v) is 8.48. The van der Waals surface area contributed by atoms with Crippen molar-refractivity contribution in [2.24, 2.45) is 11.3 Å². The summed E-state index contributed by atoms with van der Waals surface area (Å²) in [7, 11) is -2.38. The number of sulfonamides is 1. The van der Waals surface area contributed by atoms with Crippen LogP contribution in [0.4, 0.5) is 5.82 Å². The zero-order chi connectivity index (χ0) is 37.7. The number of carbonyl (C=O) groups is 3. The number of aromatic nitrogens is 2. The molecule has 5 atom stereocenters. The third-order valence-electron chi connectivity index (χ3n) is 9.54. The van der Waals surface area contributed by atoms with Crippen LogP contribution in [0.15, 0.2) is 49.2 Å². The van der Waals surface area contributed by atoms with E-state index >= 15 is 0 Å². The summed E-state index contributed by atoms with van der Waals surface area (Å²) in [6, 6.07) is 6.10. The maximum atomic E-state index is 14.6. The lowest BCUT2D eigenvalue weighted by Gasteiger charge is -2.36. The topological polar surface area (TPSA) is 169 Å². The first-order chi connectivity index (χ1) is 24.4. The lowest BCUT2D eigenvalue weighted by Crippen LogP contribution is -2.58. The molecule has 3 N–H and O–H groups in total. The summed E-state index contributed by atoms with van der Waals surface area (Å²) in [5, 5.41) is 7.44. The van der Waals surface area contributed by atoms with Gasteiger partial charge in [0.25, 0.3) is 5.91 Å². The minimum atomic E-state index is -3.90. The molecule has 0 bridgehead atoms. The first-order valence-electron chi connectivity index (χ1n) is 16.7. The molecule has 3 aromatic rings. The lowest BCUT2D eigenvalue weighted by molar-refractivity contribution is -0.141. The molecular formula is C35H39Cl3N6O7S. The van der Waals surface area contributed by atoms with Gasteiger partial charge in [-0.25, -0.2) is 18.4 Å². The van der Waals surface area contributed by atoms with E-state index < -0.39 is 68.1 Å². The van der Waals surface area contributed by atoms with Gasteiger partial charge >= 0.3 is 0 Å². The Balaban J connectivity index is 1.33. The number of halogens is 3. The first kappa shape index (κ1) is 37.9. The lowest BCUT2D eigenvalue weighted by atomic mass is 9.85. The van der Waals surface area contributed by atoms with Crippen LogP contribution in [0.3, 0.4) is 0 Å². The molecule has 52 heavy (non-hydrogen) atoms. The van der Waals surface area contributed by atoms with Crippen molar-refractivity contribution in [3.63, 3.8) is 0 Å². The Morgan fingerprint density at radius 2 is 1.83 bits per heavy atom. The highest BCUT2D eigenvalue weighted by Gasteiger charge is 2.62. The summed E-state index contributed by atoms with van der Waals surface area (Å²) in [6.07, 6.45) is 3.34. The molecule has 13 nitrogen and oxygen atoms in total. The summed E-state index contributed by atoms with van der Waals surface area (Å²) in [4.78, 5) is 52.6. The highest BCUT2D eigenvalue weighted by atomic mass is 35.5. The Labute approximate surface area is 316 Å². The van der Waals surface area contributed by atoms with Crippen molar-refractivity contribution in [2.75, 3.05) is 19.0 Å². The van der Waals surface area contributed by atoms with Gasteiger partial charge in [0.05, 0.1) is 25.1 Å². The zero-order valence-corrected chi connectivity index (χ0v) is 32.0. The number of likely N-dealkylation sites (tertiary alicyclic amines) is 1. The quantitative estimate of drug-likeness (QED) is 0.165. The first-order valence-corrected chi connectivity index (χ1v) is 19.3.